The summed E-state index contributed by atoms with van der Waals surface area (Å²) in [6.07, 6.45) is 12.7. The lowest BCUT2D eigenvalue weighted by atomic mass is 9.88. The van der Waals surface area contributed by atoms with Crippen molar-refractivity contribution in [1.82, 2.24) is 15.1 Å². The third kappa shape index (κ3) is 10.3. The molecule has 1 aliphatic heterocycles. The fourth-order valence-corrected chi connectivity index (χ4v) is 6.96. The van der Waals surface area contributed by atoms with Gasteiger partial charge in [0.2, 0.25) is 5.91 Å². The second-order valence-corrected chi connectivity index (χ2v) is 14.0. The predicted molar refractivity (Wildman–Crippen MR) is 180 cm³/mol. The third-order valence-corrected chi connectivity index (χ3v) is 10.0. The molecule has 0 radical (unpaired) electrons. The quantitative estimate of drug-likeness (QED) is 0.337. The molecule has 2 aliphatic carbocycles. The minimum atomic E-state index is -0.471. The van der Waals surface area contributed by atoms with E-state index in [0.29, 0.717) is 36.7 Å². The van der Waals surface area contributed by atoms with E-state index in [0.717, 1.165) is 70.6 Å². The molecule has 3 N–H and O–H groups in total. The van der Waals surface area contributed by atoms with Gasteiger partial charge in [0.15, 0.2) is 0 Å². The minimum absolute atomic E-state index is 0.00637. The fraction of sp³-hybridized carbons (Fsp3) is 0.750. The number of anilines is 1. The summed E-state index contributed by atoms with van der Waals surface area (Å²) in [5.41, 5.74) is 0.927. The number of amides is 4. The Balaban J connectivity index is 1.56. The number of fused-ring (bicyclic) bond motifs is 1. The van der Waals surface area contributed by atoms with Gasteiger partial charge in [-0.05, 0) is 77.0 Å². The van der Waals surface area contributed by atoms with Crippen molar-refractivity contribution in [1.29, 1.82) is 0 Å². The summed E-state index contributed by atoms with van der Waals surface area (Å²) in [6, 6.07) is 4.96. The number of carbonyl (C=O) groups excluding carboxylic acids is 3. The van der Waals surface area contributed by atoms with Crippen LogP contribution >= 0.6 is 0 Å². The molecule has 0 saturated heterocycles. The van der Waals surface area contributed by atoms with Gasteiger partial charge in [-0.1, -0.05) is 45.4 Å². The van der Waals surface area contributed by atoms with Crippen molar-refractivity contribution in [3.63, 3.8) is 0 Å². The molecule has 1 aromatic carbocycles. The zero-order valence-corrected chi connectivity index (χ0v) is 28.6. The van der Waals surface area contributed by atoms with Gasteiger partial charge in [0, 0.05) is 50.3 Å². The topological polar surface area (TPSA) is 120 Å². The number of aliphatic hydroxyl groups excluding tert-OH is 1. The molecule has 0 bridgehead atoms. The van der Waals surface area contributed by atoms with Crippen molar-refractivity contribution < 1.29 is 29.0 Å². The number of nitrogens with one attached hydrogen (secondary N) is 2. The first-order valence-electron chi connectivity index (χ1n) is 17.8. The van der Waals surface area contributed by atoms with Crippen LogP contribution in [-0.4, -0.2) is 90.4 Å². The van der Waals surface area contributed by atoms with Gasteiger partial charge in [-0.3, -0.25) is 9.59 Å². The number of hydrogen-bond acceptors (Lipinski definition) is 6. The molecule has 46 heavy (non-hydrogen) atoms. The van der Waals surface area contributed by atoms with Gasteiger partial charge in [0.1, 0.15) is 5.75 Å². The molecule has 10 nitrogen and oxygen atoms in total. The van der Waals surface area contributed by atoms with E-state index < -0.39 is 6.04 Å². The number of benzene rings is 1. The van der Waals surface area contributed by atoms with Crippen LogP contribution < -0.4 is 15.4 Å². The van der Waals surface area contributed by atoms with Gasteiger partial charge >= 0.3 is 6.03 Å². The number of ether oxygens (including phenoxy) is 2. The first kappa shape index (κ1) is 36.0. The summed E-state index contributed by atoms with van der Waals surface area (Å²) < 4.78 is 12.7. The number of likely N-dealkylation sites (N-methyl/N-ethyl adjacent to an activating group) is 1. The number of urea groups is 1. The van der Waals surface area contributed by atoms with Crippen LogP contribution in [0.25, 0.3) is 0 Å². The second-order valence-electron chi connectivity index (χ2n) is 14.0. The minimum Gasteiger partial charge on any atom is -0.490 e. The SMILES string of the molecule is C[C@H]1CCCCO[C@H](CN(C)C(=O)NC2CCCCC2)[C@@H](C)CN([C@@H](C)CO)C(=O)c2cc(NC(=O)C3CCCCC3)ccc2O1. The van der Waals surface area contributed by atoms with Crippen molar-refractivity contribution in [2.75, 3.05) is 38.7 Å². The summed E-state index contributed by atoms with van der Waals surface area (Å²) in [7, 11) is 1.80. The van der Waals surface area contributed by atoms with Crippen LogP contribution in [0.4, 0.5) is 10.5 Å². The maximum absolute atomic E-state index is 14.4. The normalized spacial score (nSPS) is 25.0. The molecular weight excluding hydrogens is 584 g/mol. The molecule has 1 aromatic rings. The molecule has 4 amide bonds. The summed E-state index contributed by atoms with van der Waals surface area (Å²) in [6.45, 7) is 6.90. The molecule has 0 spiro atoms. The van der Waals surface area contributed by atoms with Crippen LogP contribution in [0.15, 0.2) is 18.2 Å². The molecule has 4 atom stereocenters. The van der Waals surface area contributed by atoms with Crippen molar-refractivity contribution in [2.24, 2.45) is 11.8 Å². The number of rotatable bonds is 7. The average molecular weight is 643 g/mol. The van der Waals surface area contributed by atoms with E-state index in [1.54, 1.807) is 29.0 Å². The van der Waals surface area contributed by atoms with E-state index in [1.807, 2.05) is 26.8 Å². The number of hydrogen-bond donors (Lipinski definition) is 3. The van der Waals surface area contributed by atoms with Crippen molar-refractivity contribution >= 4 is 23.5 Å². The zero-order chi connectivity index (χ0) is 33.1. The molecular formula is C36H58N4O6. The Labute approximate surface area is 275 Å². The van der Waals surface area contributed by atoms with Crippen molar-refractivity contribution in [3.05, 3.63) is 23.8 Å². The maximum Gasteiger partial charge on any atom is 0.317 e. The van der Waals surface area contributed by atoms with Gasteiger partial charge in [-0.15, -0.1) is 0 Å². The maximum atomic E-state index is 14.4. The van der Waals surface area contributed by atoms with Gasteiger partial charge < -0.3 is 35.0 Å². The Bertz CT molecular complexity index is 1140. The van der Waals surface area contributed by atoms with E-state index in [1.165, 1.54) is 12.8 Å². The Morgan fingerprint density at radius 2 is 1.67 bits per heavy atom. The molecule has 0 unspecified atom stereocenters. The van der Waals surface area contributed by atoms with E-state index in [2.05, 4.69) is 10.6 Å². The molecule has 4 rings (SSSR count). The Morgan fingerprint density at radius 1 is 1.00 bits per heavy atom. The molecule has 0 aromatic heterocycles. The Hall–Kier alpha value is -2.85. The van der Waals surface area contributed by atoms with Crippen molar-refractivity contribution in [2.45, 2.75) is 129 Å². The van der Waals surface area contributed by atoms with Crippen LogP contribution in [0.2, 0.25) is 0 Å². The Kier molecular flexibility index (Phi) is 14.0. The monoisotopic (exact) mass is 642 g/mol. The predicted octanol–water partition coefficient (Wildman–Crippen LogP) is 5.98. The molecule has 10 heteroatoms. The largest absolute Gasteiger partial charge is 0.490 e. The highest BCUT2D eigenvalue weighted by Gasteiger charge is 2.31. The smallest absolute Gasteiger partial charge is 0.317 e. The van der Waals surface area contributed by atoms with E-state index >= 15 is 0 Å². The first-order valence-corrected chi connectivity index (χ1v) is 17.8. The van der Waals surface area contributed by atoms with Gasteiger partial charge in [0.25, 0.3) is 5.91 Å². The summed E-state index contributed by atoms with van der Waals surface area (Å²) in [4.78, 5) is 43.9. The van der Waals surface area contributed by atoms with Gasteiger partial charge in [-0.2, -0.15) is 0 Å². The highest BCUT2D eigenvalue weighted by atomic mass is 16.5. The van der Waals surface area contributed by atoms with E-state index in [9.17, 15) is 19.5 Å². The van der Waals surface area contributed by atoms with Crippen LogP contribution in [-0.2, 0) is 9.53 Å². The van der Waals surface area contributed by atoms with Crippen LogP contribution in [0, 0.1) is 11.8 Å². The molecule has 3 aliphatic rings. The number of nitrogens with zero attached hydrogens (tertiary/aromatic N) is 2. The van der Waals surface area contributed by atoms with Crippen molar-refractivity contribution in [3.8, 4) is 5.75 Å². The highest BCUT2D eigenvalue weighted by molar-refractivity contribution is 6.00. The highest BCUT2D eigenvalue weighted by Crippen LogP contribution is 2.30. The number of aliphatic hydroxyl groups is 1. The molecule has 1 heterocycles. The third-order valence-electron chi connectivity index (χ3n) is 10.0. The van der Waals surface area contributed by atoms with E-state index in [-0.39, 0.29) is 54.5 Å². The lowest BCUT2D eigenvalue weighted by Gasteiger charge is -2.36. The fourth-order valence-electron chi connectivity index (χ4n) is 6.96. The van der Waals surface area contributed by atoms with Gasteiger partial charge in [-0.25, -0.2) is 4.79 Å². The molecule has 2 saturated carbocycles. The van der Waals surface area contributed by atoms with Crippen LogP contribution in [0.5, 0.6) is 5.75 Å². The van der Waals surface area contributed by atoms with Gasteiger partial charge in [0.05, 0.1) is 30.4 Å². The standard InChI is InChI=1S/C36H58N4O6/c1-25-22-40(26(2)24-41)35(43)31-21-30(37-34(42)28-14-7-5-8-15-28)18-19-32(31)46-27(3)13-11-12-20-45-33(25)23-39(4)36(44)38-29-16-9-6-10-17-29/h18-19,21,25-29,33,41H,5-17,20,22-24H2,1-4H3,(H,37,42)(H,38,44)/t25-,26-,27-,33+/m0/s1. The van der Waals surface area contributed by atoms with Crippen LogP contribution in [0.3, 0.4) is 0 Å². The average Bonchev–Trinajstić information content (AvgIpc) is 3.06. The summed E-state index contributed by atoms with van der Waals surface area (Å²) >= 11 is 0. The van der Waals surface area contributed by atoms with Crippen LogP contribution in [0.1, 0.15) is 115 Å². The Morgan fingerprint density at radius 3 is 2.37 bits per heavy atom. The second kappa shape index (κ2) is 17.9. The zero-order valence-electron chi connectivity index (χ0n) is 28.6. The summed E-state index contributed by atoms with van der Waals surface area (Å²) in [5, 5.41) is 16.5. The summed E-state index contributed by atoms with van der Waals surface area (Å²) in [5.74, 6) is 0.0425. The number of carbonyl (C=O) groups is 3. The molecule has 258 valence electrons. The molecule has 2 fully saturated rings. The lowest BCUT2D eigenvalue weighted by Crippen LogP contribution is -2.50. The lowest BCUT2D eigenvalue weighted by molar-refractivity contribution is -0.120. The first-order chi connectivity index (χ1) is 22.2. The van der Waals surface area contributed by atoms with E-state index in [4.69, 9.17) is 9.47 Å².